The van der Waals surface area contributed by atoms with Gasteiger partial charge in [0.05, 0.1) is 25.2 Å². The molecule has 0 bridgehead atoms. The molecule has 0 aromatic heterocycles. The first-order valence-corrected chi connectivity index (χ1v) is 11.6. The van der Waals surface area contributed by atoms with Crippen molar-refractivity contribution in [3.63, 3.8) is 0 Å². The molecule has 0 amide bonds. The second kappa shape index (κ2) is 15.2. The first-order valence-electron chi connectivity index (χ1n) is 11.6. The smallest absolute Gasteiger partial charge is 0.305 e. The Labute approximate surface area is 208 Å². The minimum absolute atomic E-state index is 0.114. The molecule has 7 nitrogen and oxygen atoms in total. The average Bonchev–Trinajstić information content (AvgIpc) is 2.75. The number of allylic oxidation sites excluding steroid dienone is 3. The van der Waals surface area contributed by atoms with Gasteiger partial charge in [-0.25, -0.2) is 4.39 Å². The molecule has 1 aromatic rings. The van der Waals surface area contributed by atoms with Crippen molar-refractivity contribution in [2.24, 2.45) is 10.9 Å². The molecule has 2 atom stereocenters. The van der Waals surface area contributed by atoms with E-state index < -0.39 is 24.6 Å². The molecule has 0 unspecified atom stereocenters. The first-order chi connectivity index (χ1) is 16.4. The summed E-state index contributed by atoms with van der Waals surface area (Å²) < 4.78 is 19.0. The average molecular weight is 491 g/mol. The van der Waals surface area contributed by atoms with E-state index >= 15 is 0 Å². The summed E-state index contributed by atoms with van der Waals surface area (Å²) in [6.45, 7) is 9.24. The zero-order valence-electron chi connectivity index (χ0n) is 21.4. The summed E-state index contributed by atoms with van der Waals surface area (Å²) in [5.74, 6) is -0.372. The highest BCUT2D eigenvalue weighted by molar-refractivity contribution is 5.99. The van der Waals surface area contributed by atoms with Gasteiger partial charge in [-0.15, -0.1) is 0 Å². The van der Waals surface area contributed by atoms with Crippen LogP contribution in [0.5, 0.6) is 0 Å². The van der Waals surface area contributed by atoms with Crippen LogP contribution < -0.4 is 0 Å². The van der Waals surface area contributed by atoms with Gasteiger partial charge in [0, 0.05) is 39.7 Å². The lowest BCUT2D eigenvalue weighted by atomic mass is 9.92. The van der Waals surface area contributed by atoms with E-state index in [4.69, 9.17) is 14.8 Å². The Hall–Kier alpha value is -2.81. The van der Waals surface area contributed by atoms with Crippen molar-refractivity contribution in [3.05, 3.63) is 71.1 Å². The summed E-state index contributed by atoms with van der Waals surface area (Å²) >= 11 is 0. The highest BCUT2D eigenvalue weighted by atomic mass is 19.1. The molecule has 0 aliphatic heterocycles. The van der Waals surface area contributed by atoms with Crippen LogP contribution in [0, 0.1) is 11.7 Å². The number of rotatable bonds is 14. The minimum Gasteiger partial charge on any atom is -0.481 e. The number of ether oxygens (including phenoxy) is 1. The van der Waals surface area contributed by atoms with Crippen molar-refractivity contribution in [1.29, 1.82) is 0 Å². The predicted molar refractivity (Wildman–Crippen MR) is 137 cm³/mol. The number of hydrogen-bond donors (Lipinski definition) is 3. The van der Waals surface area contributed by atoms with Gasteiger partial charge >= 0.3 is 5.97 Å². The number of hydrogen-bond acceptors (Lipinski definition) is 5. The molecule has 0 spiro atoms. The quantitative estimate of drug-likeness (QED) is 0.209. The Kier molecular flexibility index (Phi) is 13.2. The van der Waals surface area contributed by atoms with Crippen LogP contribution in [0.25, 0.3) is 0 Å². The van der Waals surface area contributed by atoms with Crippen LogP contribution in [0.1, 0.15) is 32.3 Å². The Morgan fingerprint density at radius 1 is 1.20 bits per heavy atom. The highest BCUT2D eigenvalue weighted by Gasteiger charge is 2.19. The van der Waals surface area contributed by atoms with Crippen LogP contribution in [-0.2, 0) is 16.0 Å². The van der Waals surface area contributed by atoms with Crippen molar-refractivity contribution in [1.82, 2.24) is 4.90 Å². The SMILES string of the molecule is C=C(/C=C/[C@@H](O)C[C@@H](O)CC(=O)O)/C(Cc1ccc(F)cc1)=C(/COC)C(=NCC(C)C)N(C)C. The number of nitrogens with zero attached hydrogens (tertiary/aromatic N) is 2. The number of methoxy groups -OCH3 is 1. The first kappa shape index (κ1) is 30.2. The van der Waals surface area contributed by atoms with E-state index in [9.17, 15) is 19.4 Å². The van der Waals surface area contributed by atoms with Crippen molar-refractivity contribution < 1.29 is 29.2 Å². The third kappa shape index (κ3) is 11.4. The number of halogens is 1. The molecular weight excluding hydrogens is 451 g/mol. The molecule has 0 saturated heterocycles. The van der Waals surface area contributed by atoms with Gasteiger partial charge in [0.2, 0.25) is 0 Å². The van der Waals surface area contributed by atoms with Crippen LogP contribution in [-0.4, -0.2) is 78.6 Å². The summed E-state index contributed by atoms with van der Waals surface area (Å²) in [6.07, 6.45) is 0.763. The fraction of sp³-hybridized carbons (Fsp3) is 0.481. The van der Waals surface area contributed by atoms with E-state index in [0.717, 1.165) is 22.5 Å². The Balaban J connectivity index is 3.44. The van der Waals surface area contributed by atoms with Gasteiger partial charge < -0.3 is 25.0 Å². The number of aliphatic imine (C=N–C) groups is 1. The summed E-state index contributed by atoms with van der Waals surface area (Å²) in [5, 5.41) is 28.9. The molecule has 0 aliphatic carbocycles. The van der Waals surface area contributed by atoms with Gasteiger partial charge in [-0.1, -0.05) is 44.7 Å². The summed E-state index contributed by atoms with van der Waals surface area (Å²) in [6, 6.07) is 6.20. The monoisotopic (exact) mass is 490 g/mol. The number of amidine groups is 1. The molecule has 1 rings (SSSR count). The maximum atomic E-state index is 13.5. The van der Waals surface area contributed by atoms with Crippen LogP contribution in [0.3, 0.4) is 0 Å². The number of carboxylic acids is 1. The van der Waals surface area contributed by atoms with Gasteiger partial charge in [0.1, 0.15) is 11.7 Å². The topological polar surface area (TPSA) is 103 Å². The fourth-order valence-corrected chi connectivity index (χ4v) is 3.40. The normalized spacial score (nSPS) is 14.7. The summed E-state index contributed by atoms with van der Waals surface area (Å²) in [7, 11) is 5.39. The zero-order valence-corrected chi connectivity index (χ0v) is 21.4. The molecule has 3 N–H and O–H groups in total. The minimum atomic E-state index is -1.16. The lowest BCUT2D eigenvalue weighted by Crippen LogP contribution is -2.28. The van der Waals surface area contributed by atoms with E-state index in [1.54, 1.807) is 25.3 Å². The molecule has 0 saturated carbocycles. The molecule has 194 valence electrons. The Bertz CT molecular complexity index is 920. The van der Waals surface area contributed by atoms with Gasteiger partial charge in [0.25, 0.3) is 0 Å². The number of aliphatic hydroxyl groups is 2. The van der Waals surface area contributed by atoms with E-state index in [1.807, 2.05) is 19.0 Å². The summed E-state index contributed by atoms with van der Waals surface area (Å²) in [4.78, 5) is 17.5. The maximum absolute atomic E-state index is 13.5. The largest absolute Gasteiger partial charge is 0.481 e. The summed E-state index contributed by atoms with van der Waals surface area (Å²) in [5.41, 5.74) is 3.08. The van der Waals surface area contributed by atoms with E-state index in [1.165, 1.54) is 18.2 Å². The van der Waals surface area contributed by atoms with Crippen molar-refractivity contribution in [3.8, 4) is 0 Å². The lowest BCUT2D eigenvalue weighted by molar-refractivity contribution is -0.139. The van der Waals surface area contributed by atoms with Gasteiger partial charge in [-0.05, 0) is 41.2 Å². The van der Waals surface area contributed by atoms with Crippen LogP contribution in [0.15, 0.2) is 64.7 Å². The third-order valence-corrected chi connectivity index (χ3v) is 5.08. The molecule has 0 heterocycles. The number of benzene rings is 1. The standard InChI is InChI=1S/C27H39FN2O5/c1-18(2)16-29-27(30(4)5)25(17-35-6)24(13-20-8-10-21(28)11-9-20)19(3)7-12-22(31)14-23(32)15-26(33)34/h7-12,18,22-23,31-32H,3,13-17H2,1-2,4-6H3,(H,33,34)/b12-7+,25-24-,29-27?/t22-,23-/m1/s1. The molecule has 1 aromatic carbocycles. The van der Waals surface area contributed by atoms with Gasteiger partial charge in [-0.2, -0.15) is 0 Å². The molecular formula is C27H39FN2O5. The molecule has 0 aliphatic rings. The predicted octanol–water partition coefficient (Wildman–Crippen LogP) is 3.63. The number of carboxylic acid groups (broad SMARTS) is 1. The third-order valence-electron chi connectivity index (χ3n) is 5.08. The molecule has 8 heteroatoms. The van der Waals surface area contributed by atoms with Gasteiger partial charge in [-0.3, -0.25) is 9.79 Å². The molecule has 0 fully saturated rings. The zero-order chi connectivity index (χ0) is 26.5. The van der Waals surface area contributed by atoms with Gasteiger partial charge in [0.15, 0.2) is 0 Å². The number of aliphatic carboxylic acids is 1. The lowest BCUT2D eigenvalue weighted by Gasteiger charge is -2.23. The van der Waals surface area contributed by atoms with E-state index in [-0.39, 0.29) is 18.8 Å². The fourth-order valence-electron chi connectivity index (χ4n) is 3.40. The van der Waals surface area contributed by atoms with E-state index in [2.05, 4.69) is 20.4 Å². The maximum Gasteiger partial charge on any atom is 0.305 e. The Morgan fingerprint density at radius 3 is 2.34 bits per heavy atom. The van der Waals surface area contributed by atoms with E-state index in [0.29, 0.717) is 24.5 Å². The second-order valence-corrected chi connectivity index (χ2v) is 9.09. The van der Waals surface area contributed by atoms with Crippen LogP contribution in [0.2, 0.25) is 0 Å². The van der Waals surface area contributed by atoms with Crippen molar-refractivity contribution in [2.75, 3.05) is 34.4 Å². The highest BCUT2D eigenvalue weighted by Crippen LogP contribution is 2.24. The Morgan fingerprint density at radius 2 is 1.83 bits per heavy atom. The molecule has 0 radical (unpaired) electrons. The van der Waals surface area contributed by atoms with Crippen molar-refractivity contribution in [2.45, 2.75) is 45.3 Å². The second-order valence-electron chi connectivity index (χ2n) is 9.09. The van der Waals surface area contributed by atoms with Crippen LogP contribution >= 0.6 is 0 Å². The van der Waals surface area contributed by atoms with Crippen molar-refractivity contribution >= 4 is 11.8 Å². The number of aliphatic hydroxyl groups excluding tert-OH is 2. The molecule has 35 heavy (non-hydrogen) atoms. The number of carbonyl (C=O) groups is 1. The van der Waals surface area contributed by atoms with Crippen LogP contribution in [0.4, 0.5) is 4.39 Å². The number of likely N-dealkylation sites (N-methyl/N-ethyl adjacent to an activating group) is 1.